The number of amides is 1. The molecule has 2 aromatic carbocycles. The Hall–Kier alpha value is -3.54. The number of benzene rings is 2. The molecule has 0 unspecified atom stereocenters. The van der Waals surface area contributed by atoms with Crippen LogP contribution in [0, 0.1) is 6.92 Å². The maximum Gasteiger partial charge on any atom is 0.246 e. The highest BCUT2D eigenvalue weighted by Crippen LogP contribution is 2.30. The van der Waals surface area contributed by atoms with Gasteiger partial charge < -0.3 is 14.4 Å². The number of carbonyl (C=O) groups is 1. The molecule has 0 N–H and O–H groups in total. The molecule has 0 atom stereocenters. The molecule has 1 heterocycles. The van der Waals surface area contributed by atoms with E-state index in [4.69, 9.17) is 9.47 Å². The fourth-order valence-electron chi connectivity index (χ4n) is 3.14. The molecule has 0 radical (unpaired) electrons. The third-order valence-electron chi connectivity index (χ3n) is 4.88. The van der Waals surface area contributed by atoms with Gasteiger partial charge in [0.25, 0.3) is 0 Å². The largest absolute Gasteiger partial charge is 0.493 e. The second-order valence-corrected chi connectivity index (χ2v) is 7.12. The van der Waals surface area contributed by atoms with E-state index in [-0.39, 0.29) is 5.91 Å². The summed E-state index contributed by atoms with van der Waals surface area (Å²) in [6, 6.07) is 14.0. The highest BCUT2D eigenvalue weighted by atomic mass is 16.5. The Bertz CT molecular complexity index is 1030. The van der Waals surface area contributed by atoms with Gasteiger partial charge in [-0.15, -0.1) is 0 Å². The summed E-state index contributed by atoms with van der Waals surface area (Å²) in [5.74, 6) is 1.25. The van der Waals surface area contributed by atoms with Gasteiger partial charge in [-0.2, -0.15) is 5.10 Å². The predicted molar refractivity (Wildman–Crippen MR) is 118 cm³/mol. The van der Waals surface area contributed by atoms with E-state index in [1.807, 2.05) is 48.1 Å². The van der Waals surface area contributed by atoms with Crippen LogP contribution in [0.15, 0.2) is 60.9 Å². The number of ether oxygens (including phenoxy) is 2. The van der Waals surface area contributed by atoms with Gasteiger partial charge in [0.05, 0.1) is 27.0 Å². The Balaban J connectivity index is 1.63. The molecule has 0 aliphatic rings. The Morgan fingerprint density at radius 2 is 1.83 bits per heavy atom. The molecule has 3 rings (SSSR count). The van der Waals surface area contributed by atoms with Crippen LogP contribution in [0.2, 0.25) is 0 Å². The number of nitrogens with zero attached hydrogens (tertiary/aromatic N) is 3. The van der Waals surface area contributed by atoms with E-state index in [0.717, 1.165) is 16.7 Å². The van der Waals surface area contributed by atoms with E-state index in [9.17, 15) is 4.79 Å². The molecular formula is C24H27N3O3. The van der Waals surface area contributed by atoms with Crippen molar-refractivity contribution in [3.63, 3.8) is 0 Å². The van der Waals surface area contributed by atoms with Gasteiger partial charge in [0.15, 0.2) is 11.5 Å². The molecule has 1 aromatic heterocycles. The molecule has 0 aliphatic heterocycles. The Morgan fingerprint density at radius 1 is 1.13 bits per heavy atom. The van der Waals surface area contributed by atoms with E-state index in [2.05, 4.69) is 17.2 Å². The van der Waals surface area contributed by atoms with Crippen LogP contribution in [-0.4, -0.2) is 41.9 Å². The first-order valence-corrected chi connectivity index (χ1v) is 9.71. The van der Waals surface area contributed by atoms with Gasteiger partial charge in [-0.25, -0.2) is 0 Å². The first kappa shape index (κ1) is 21.2. The first-order valence-electron chi connectivity index (χ1n) is 9.71. The lowest BCUT2D eigenvalue weighted by Gasteiger charge is -2.18. The molecular weight excluding hydrogens is 378 g/mol. The molecule has 0 fully saturated rings. The minimum Gasteiger partial charge on any atom is -0.493 e. The highest BCUT2D eigenvalue weighted by Gasteiger charge is 2.12. The van der Waals surface area contributed by atoms with Crippen LogP contribution in [0.3, 0.4) is 0 Å². The minimum atomic E-state index is -0.0833. The summed E-state index contributed by atoms with van der Waals surface area (Å²) in [6.45, 7) is 3.16. The van der Waals surface area contributed by atoms with Crippen molar-refractivity contribution >= 4 is 12.0 Å². The smallest absolute Gasteiger partial charge is 0.246 e. The van der Waals surface area contributed by atoms with Crippen LogP contribution >= 0.6 is 0 Å². The number of likely N-dealkylation sites (N-methyl/N-ethyl adjacent to an activating group) is 1. The van der Waals surface area contributed by atoms with Crippen LogP contribution in [0.25, 0.3) is 6.08 Å². The van der Waals surface area contributed by atoms with Crippen molar-refractivity contribution in [1.29, 1.82) is 0 Å². The van der Waals surface area contributed by atoms with E-state index in [1.54, 1.807) is 44.5 Å². The number of aromatic nitrogens is 2. The van der Waals surface area contributed by atoms with E-state index in [1.165, 1.54) is 5.56 Å². The third-order valence-corrected chi connectivity index (χ3v) is 4.88. The second-order valence-electron chi connectivity index (χ2n) is 7.12. The highest BCUT2D eigenvalue weighted by molar-refractivity contribution is 5.91. The van der Waals surface area contributed by atoms with Gasteiger partial charge in [0.1, 0.15) is 0 Å². The lowest BCUT2D eigenvalue weighted by atomic mass is 10.1. The lowest BCUT2D eigenvalue weighted by Crippen LogP contribution is -2.24. The van der Waals surface area contributed by atoms with Crippen LogP contribution in [0.4, 0.5) is 0 Å². The van der Waals surface area contributed by atoms with Gasteiger partial charge in [0, 0.05) is 31.4 Å². The maximum atomic E-state index is 12.6. The minimum absolute atomic E-state index is 0.0833. The third kappa shape index (κ3) is 5.29. The molecule has 0 spiro atoms. The van der Waals surface area contributed by atoms with Crippen molar-refractivity contribution in [1.82, 2.24) is 14.7 Å². The van der Waals surface area contributed by atoms with Crippen LogP contribution in [0.5, 0.6) is 11.5 Å². The molecule has 0 saturated carbocycles. The lowest BCUT2D eigenvalue weighted by molar-refractivity contribution is -0.125. The van der Waals surface area contributed by atoms with Crippen molar-refractivity contribution in [3.05, 3.63) is 83.2 Å². The molecule has 156 valence electrons. The summed E-state index contributed by atoms with van der Waals surface area (Å²) < 4.78 is 12.6. The van der Waals surface area contributed by atoms with E-state index >= 15 is 0 Å². The topological polar surface area (TPSA) is 56.6 Å². The number of hydrogen-bond donors (Lipinski definition) is 0. The van der Waals surface area contributed by atoms with Gasteiger partial charge in [-0.3, -0.25) is 9.48 Å². The van der Waals surface area contributed by atoms with Gasteiger partial charge >= 0.3 is 0 Å². The first-order chi connectivity index (χ1) is 14.5. The summed E-state index contributed by atoms with van der Waals surface area (Å²) in [6.07, 6.45) is 7.04. The summed E-state index contributed by atoms with van der Waals surface area (Å²) >= 11 is 0. The van der Waals surface area contributed by atoms with Crippen molar-refractivity contribution < 1.29 is 14.3 Å². The Labute approximate surface area is 177 Å². The average molecular weight is 405 g/mol. The summed E-state index contributed by atoms with van der Waals surface area (Å²) in [7, 11) is 4.99. The number of methoxy groups -OCH3 is 2. The number of hydrogen-bond acceptors (Lipinski definition) is 4. The van der Waals surface area contributed by atoms with E-state index in [0.29, 0.717) is 24.6 Å². The number of rotatable bonds is 8. The van der Waals surface area contributed by atoms with Gasteiger partial charge in [-0.1, -0.05) is 30.3 Å². The standard InChI is InChI=1S/C24H27N3O3/c1-18-12-22(29-3)23(30-4)13-21(18)17-26(2)24(28)11-10-20-14-25-27(16-20)15-19-8-6-5-7-9-19/h5-14,16H,15,17H2,1-4H3/b11-10+. The maximum absolute atomic E-state index is 12.6. The zero-order valence-electron chi connectivity index (χ0n) is 17.8. The zero-order chi connectivity index (χ0) is 21.5. The van der Waals surface area contributed by atoms with Crippen molar-refractivity contribution in [2.75, 3.05) is 21.3 Å². The average Bonchev–Trinajstić information content (AvgIpc) is 3.20. The molecule has 6 nitrogen and oxygen atoms in total. The molecule has 6 heteroatoms. The summed E-state index contributed by atoms with van der Waals surface area (Å²) in [5, 5.41) is 4.36. The van der Waals surface area contributed by atoms with Crippen molar-refractivity contribution in [2.45, 2.75) is 20.0 Å². The number of aryl methyl sites for hydroxylation is 1. The zero-order valence-corrected chi connectivity index (χ0v) is 17.8. The summed E-state index contributed by atoms with van der Waals surface area (Å²) in [4.78, 5) is 14.2. The quantitative estimate of drug-likeness (QED) is 0.533. The van der Waals surface area contributed by atoms with Gasteiger partial charge in [-0.05, 0) is 41.8 Å². The van der Waals surface area contributed by atoms with Crippen molar-refractivity contribution in [3.8, 4) is 11.5 Å². The molecule has 3 aromatic rings. The molecule has 1 amide bonds. The van der Waals surface area contributed by atoms with Crippen molar-refractivity contribution in [2.24, 2.45) is 0 Å². The number of carbonyl (C=O) groups excluding carboxylic acids is 1. The second kappa shape index (κ2) is 9.78. The van der Waals surface area contributed by atoms with Gasteiger partial charge in [0.2, 0.25) is 5.91 Å². The SMILES string of the molecule is COc1cc(C)c(CN(C)C(=O)/C=C/c2cnn(Cc3ccccc3)c2)cc1OC. The Kier molecular flexibility index (Phi) is 6.91. The monoisotopic (exact) mass is 405 g/mol. The van der Waals surface area contributed by atoms with Crippen LogP contribution in [-0.2, 0) is 17.9 Å². The summed E-state index contributed by atoms with van der Waals surface area (Å²) in [5.41, 5.74) is 4.11. The van der Waals surface area contributed by atoms with Crippen LogP contribution < -0.4 is 9.47 Å². The predicted octanol–water partition coefficient (Wildman–Crippen LogP) is 3.93. The molecule has 0 saturated heterocycles. The molecule has 0 aliphatic carbocycles. The van der Waals surface area contributed by atoms with Crippen LogP contribution in [0.1, 0.15) is 22.3 Å². The molecule has 30 heavy (non-hydrogen) atoms. The Morgan fingerprint density at radius 3 is 2.53 bits per heavy atom. The normalized spacial score (nSPS) is 10.9. The fraction of sp³-hybridized carbons (Fsp3) is 0.250. The fourth-order valence-corrected chi connectivity index (χ4v) is 3.14. The van der Waals surface area contributed by atoms with E-state index < -0.39 is 0 Å². The molecule has 0 bridgehead atoms.